The van der Waals surface area contributed by atoms with Gasteiger partial charge in [-0.3, -0.25) is 9.59 Å². The first-order chi connectivity index (χ1) is 8.82. The van der Waals surface area contributed by atoms with Crippen LogP contribution in [-0.2, 0) is 16.0 Å². The lowest BCUT2D eigenvalue weighted by atomic mass is 9.95. The number of nitrogens with one attached hydrogen (secondary N) is 2. The van der Waals surface area contributed by atoms with E-state index in [0.29, 0.717) is 13.0 Å². The van der Waals surface area contributed by atoms with E-state index in [1.54, 1.807) is 0 Å². The summed E-state index contributed by atoms with van der Waals surface area (Å²) in [5.74, 6) is -0.0158. The minimum atomic E-state index is -0.417. The molecule has 0 aliphatic heterocycles. The highest BCUT2D eigenvalue weighted by Gasteiger charge is 2.20. The molecule has 1 aromatic rings. The molecule has 0 aromatic heterocycles. The number of benzene rings is 1. The van der Waals surface area contributed by atoms with E-state index >= 15 is 0 Å². The van der Waals surface area contributed by atoms with E-state index in [-0.39, 0.29) is 11.8 Å². The molecule has 0 atom stereocenters. The summed E-state index contributed by atoms with van der Waals surface area (Å²) < 4.78 is 0. The van der Waals surface area contributed by atoms with Gasteiger partial charge in [-0.2, -0.15) is 0 Å². The zero-order valence-electron chi connectivity index (χ0n) is 12.0. The molecule has 0 saturated heterocycles. The fourth-order valence-corrected chi connectivity index (χ4v) is 1.47. The van der Waals surface area contributed by atoms with Crippen LogP contribution >= 0.6 is 0 Å². The van der Waals surface area contributed by atoms with Gasteiger partial charge in [-0.25, -0.2) is 0 Å². The number of rotatable bonds is 4. The Balaban J connectivity index is 2.62. The second kappa shape index (κ2) is 6.36. The first-order valence-electron chi connectivity index (χ1n) is 6.50. The zero-order valence-corrected chi connectivity index (χ0v) is 12.0. The van der Waals surface area contributed by atoms with Gasteiger partial charge in [0, 0.05) is 17.6 Å². The average Bonchev–Trinajstić information content (AvgIpc) is 2.30. The average molecular weight is 262 g/mol. The van der Waals surface area contributed by atoms with Gasteiger partial charge in [0.1, 0.15) is 0 Å². The molecule has 0 unspecified atom stereocenters. The zero-order chi connectivity index (χ0) is 14.5. The largest absolute Gasteiger partial charge is 0.356 e. The van der Waals surface area contributed by atoms with Crippen LogP contribution in [0.4, 0.5) is 5.69 Å². The Morgan fingerprint density at radius 2 is 1.68 bits per heavy atom. The minimum Gasteiger partial charge on any atom is -0.356 e. The third kappa shape index (κ3) is 5.12. The van der Waals surface area contributed by atoms with Crippen molar-refractivity contribution in [3.8, 4) is 0 Å². The summed E-state index contributed by atoms with van der Waals surface area (Å²) in [6, 6.07) is 7.34. The molecule has 4 nitrogen and oxygen atoms in total. The highest BCUT2D eigenvalue weighted by molar-refractivity contribution is 5.94. The lowest BCUT2D eigenvalue weighted by Crippen LogP contribution is -2.27. The van der Waals surface area contributed by atoms with Crippen LogP contribution < -0.4 is 10.6 Å². The Labute approximate surface area is 114 Å². The predicted octanol–water partition coefficient (Wildman–Crippen LogP) is 2.35. The van der Waals surface area contributed by atoms with Crippen LogP contribution in [0, 0.1) is 5.41 Å². The maximum Gasteiger partial charge on any atom is 0.229 e. The Kier molecular flexibility index (Phi) is 5.10. The maximum absolute atomic E-state index is 11.8. The summed E-state index contributed by atoms with van der Waals surface area (Å²) in [5.41, 5.74) is 1.26. The predicted molar refractivity (Wildman–Crippen MR) is 76.9 cm³/mol. The van der Waals surface area contributed by atoms with Gasteiger partial charge in [-0.1, -0.05) is 32.9 Å². The Bertz CT molecular complexity index is 444. The first kappa shape index (κ1) is 15.2. The second-order valence-corrected chi connectivity index (χ2v) is 5.53. The molecule has 104 valence electrons. The lowest BCUT2D eigenvalue weighted by Gasteiger charge is -2.17. The van der Waals surface area contributed by atoms with E-state index < -0.39 is 5.41 Å². The van der Waals surface area contributed by atoms with Crippen molar-refractivity contribution >= 4 is 17.5 Å². The third-order valence-corrected chi connectivity index (χ3v) is 2.63. The molecule has 1 aromatic carbocycles. The lowest BCUT2D eigenvalue weighted by molar-refractivity contribution is -0.123. The highest BCUT2D eigenvalue weighted by Crippen LogP contribution is 2.17. The number of carbonyl (C=O) groups excluding carboxylic acids is 2. The van der Waals surface area contributed by atoms with E-state index in [9.17, 15) is 9.59 Å². The summed E-state index contributed by atoms with van der Waals surface area (Å²) in [7, 11) is 0. The monoisotopic (exact) mass is 262 g/mol. The number of hydrogen-bond acceptors (Lipinski definition) is 2. The Morgan fingerprint density at radius 3 is 2.16 bits per heavy atom. The van der Waals surface area contributed by atoms with Crippen molar-refractivity contribution in [3.05, 3.63) is 29.8 Å². The van der Waals surface area contributed by atoms with Gasteiger partial charge in [0.05, 0.1) is 6.42 Å². The number of carbonyl (C=O) groups is 2. The van der Waals surface area contributed by atoms with E-state index in [2.05, 4.69) is 10.6 Å². The van der Waals surface area contributed by atoms with Crippen LogP contribution in [0.1, 0.15) is 33.3 Å². The second-order valence-electron chi connectivity index (χ2n) is 5.53. The van der Waals surface area contributed by atoms with Crippen LogP contribution in [-0.4, -0.2) is 18.4 Å². The van der Waals surface area contributed by atoms with Crippen molar-refractivity contribution in [2.24, 2.45) is 5.41 Å². The fourth-order valence-electron chi connectivity index (χ4n) is 1.47. The molecule has 1 rings (SSSR count). The summed E-state index contributed by atoms with van der Waals surface area (Å²) in [6.45, 7) is 8.13. The van der Waals surface area contributed by atoms with E-state index in [1.165, 1.54) is 0 Å². The van der Waals surface area contributed by atoms with Crippen LogP contribution in [0.3, 0.4) is 0 Å². The van der Waals surface area contributed by atoms with Crippen LogP contribution in [0.25, 0.3) is 0 Å². The van der Waals surface area contributed by atoms with E-state index in [1.807, 2.05) is 52.0 Å². The minimum absolute atomic E-state index is 0.00831. The molecule has 0 saturated carbocycles. The normalized spacial score (nSPS) is 10.9. The van der Waals surface area contributed by atoms with Gasteiger partial charge in [0.2, 0.25) is 11.8 Å². The molecule has 0 heterocycles. The number of likely N-dealkylation sites (N-methyl/N-ethyl adjacent to an activating group) is 1. The SMILES string of the molecule is CCNC(=O)Cc1ccc(NC(=O)C(C)(C)C)cc1. The smallest absolute Gasteiger partial charge is 0.229 e. The number of amides is 2. The Hall–Kier alpha value is -1.84. The van der Waals surface area contributed by atoms with Crippen LogP contribution in [0.2, 0.25) is 0 Å². The molecule has 2 amide bonds. The van der Waals surface area contributed by atoms with Gasteiger partial charge in [0.15, 0.2) is 0 Å². The molecule has 0 bridgehead atoms. The highest BCUT2D eigenvalue weighted by atomic mass is 16.2. The summed E-state index contributed by atoms with van der Waals surface area (Å²) in [5, 5.41) is 5.60. The molecule has 4 heteroatoms. The third-order valence-electron chi connectivity index (χ3n) is 2.63. The summed E-state index contributed by atoms with van der Waals surface area (Å²) >= 11 is 0. The topological polar surface area (TPSA) is 58.2 Å². The first-order valence-corrected chi connectivity index (χ1v) is 6.50. The van der Waals surface area contributed by atoms with Crippen molar-refractivity contribution in [2.45, 2.75) is 34.1 Å². The Morgan fingerprint density at radius 1 is 1.11 bits per heavy atom. The van der Waals surface area contributed by atoms with Gasteiger partial charge in [-0.05, 0) is 24.6 Å². The summed E-state index contributed by atoms with van der Waals surface area (Å²) in [6.07, 6.45) is 0.362. The van der Waals surface area contributed by atoms with Crippen LogP contribution in [0.5, 0.6) is 0 Å². The van der Waals surface area contributed by atoms with Gasteiger partial charge < -0.3 is 10.6 Å². The van der Waals surface area contributed by atoms with Crippen molar-refractivity contribution in [1.29, 1.82) is 0 Å². The molecular weight excluding hydrogens is 240 g/mol. The molecule has 2 N–H and O–H groups in total. The number of anilines is 1. The fraction of sp³-hybridized carbons (Fsp3) is 0.467. The van der Waals surface area contributed by atoms with Crippen molar-refractivity contribution in [3.63, 3.8) is 0 Å². The van der Waals surface area contributed by atoms with Crippen LogP contribution in [0.15, 0.2) is 24.3 Å². The van der Waals surface area contributed by atoms with Crippen molar-refractivity contribution in [1.82, 2.24) is 5.32 Å². The van der Waals surface area contributed by atoms with E-state index in [4.69, 9.17) is 0 Å². The molecule has 0 radical (unpaired) electrons. The van der Waals surface area contributed by atoms with Gasteiger partial charge >= 0.3 is 0 Å². The van der Waals surface area contributed by atoms with E-state index in [0.717, 1.165) is 11.3 Å². The molecular formula is C15H22N2O2. The number of hydrogen-bond donors (Lipinski definition) is 2. The van der Waals surface area contributed by atoms with Crippen molar-refractivity contribution in [2.75, 3.05) is 11.9 Å². The standard InChI is InChI=1S/C15H22N2O2/c1-5-16-13(18)10-11-6-8-12(9-7-11)17-14(19)15(2,3)4/h6-9H,5,10H2,1-4H3,(H,16,18)(H,17,19). The van der Waals surface area contributed by atoms with Crippen molar-refractivity contribution < 1.29 is 9.59 Å². The van der Waals surface area contributed by atoms with Gasteiger partial charge in [-0.15, -0.1) is 0 Å². The molecule has 0 fully saturated rings. The molecule has 0 aliphatic carbocycles. The molecule has 0 spiro atoms. The maximum atomic E-state index is 11.8. The molecule has 0 aliphatic rings. The summed E-state index contributed by atoms with van der Waals surface area (Å²) in [4.78, 5) is 23.2. The molecule has 19 heavy (non-hydrogen) atoms. The van der Waals surface area contributed by atoms with Gasteiger partial charge in [0.25, 0.3) is 0 Å². The quantitative estimate of drug-likeness (QED) is 0.875.